The van der Waals surface area contributed by atoms with Crippen molar-refractivity contribution in [2.45, 2.75) is 36.9 Å². The van der Waals surface area contributed by atoms with E-state index in [1.54, 1.807) is 0 Å². The summed E-state index contributed by atoms with van der Waals surface area (Å²) < 4.78 is 4.33. The van der Waals surface area contributed by atoms with Gasteiger partial charge in [-0.25, -0.2) is 9.59 Å². The Morgan fingerprint density at radius 2 is 1.04 bits per heavy atom. The molecular formula is C12H18KNaO14. The Bertz CT molecular complexity index is 603. The number of aliphatic hydroxyl groups is 1. The molecule has 0 aliphatic carbocycles. The molecule has 0 aliphatic heterocycles. The molecule has 0 radical (unpaired) electrons. The Balaban J connectivity index is -0.000000960. The van der Waals surface area contributed by atoms with Crippen molar-refractivity contribution < 1.29 is 69.6 Å². The fourth-order valence-electron chi connectivity index (χ4n) is 1.77. The molecule has 0 saturated carbocycles. The molecular weight excluding hydrogens is 430 g/mol. The normalized spacial score (nSPS) is 11.9. The molecule has 8 N–H and O–H groups in total. The minimum atomic E-state index is -3.17. The number of hydrogen-bond acceptors (Lipinski definition) is 8. The van der Waals surface area contributed by atoms with Gasteiger partial charge in [0, 0.05) is 0 Å². The van der Waals surface area contributed by atoms with Gasteiger partial charge in [0.05, 0.1) is 25.7 Å². The van der Waals surface area contributed by atoms with Crippen LogP contribution in [-0.4, -0.2) is 164 Å². The third-order valence-corrected chi connectivity index (χ3v) is 2.85. The zero-order valence-corrected chi connectivity index (χ0v) is 12.9. The van der Waals surface area contributed by atoms with E-state index in [2.05, 4.69) is 4.74 Å². The molecule has 0 aromatic rings. The maximum atomic E-state index is 11.7. The average molecular weight is 448 g/mol. The molecule has 0 amide bonds. The van der Waals surface area contributed by atoms with Crippen molar-refractivity contribution in [2.75, 3.05) is 0 Å². The first kappa shape index (κ1) is 34.9. The average Bonchev–Trinajstić information content (AvgIpc) is 2.34. The number of carbonyl (C=O) groups excluding carboxylic acids is 1. The van der Waals surface area contributed by atoms with Crippen LogP contribution < -0.4 is 0 Å². The molecule has 1 atom stereocenters. The summed E-state index contributed by atoms with van der Waals surface area (Å²) in [6.45, 7) is 0. The van der Waals surface area contributed by atoms with E-state index in [-0.39, 0.29) is 86.4 Å². The summed E-state index contributed by atoms with van der Waals surface area (Å²) in [5.74, 6) is -11.6. The molecule has 16 heteroatoms. The molecule has 0 saturated heterocycles. The fourth-order valence-corrected chi connectivity index (χ4v) is 1.77. The number of esters is 1. The Hall–Kier alpha value is -0.624. The van der Waals surface area contributed by atoms with Gasteiger partial charge in [0.25, 0.3) is 0 Å². The van der Waals surface area contributed by atoms with E-state index < -0.39 is 72.7 Å². The van der Waals surface area contributed by atoms with Crippen LogP contribution in [0.25, 0.3) is 0 Å². The van der Waals surface area contributed by atoms with Crippen molar-refractivity contribution in [3.05, 3.63) is 0 Å². The van der Waals surface area contributed by atoms with Crippen LogP contribution in [0.4, 0.5) is 0 Å². The van der Waals surface area contributed by atoms with Gasteiger partial charge in [-0.3, -0.25) is 19.2 Å². The van der Waals surface area contributed by atoms with Crippen molar-refractivity contribution in [2.24, 2.45) is 0 Å². The summed E-state index contributed by atoms with van der Waals surface area (Å²) in [5.41, 5.74) is -6.24. The van der Waals surface area contributed by atoms with Crippen molar-refractivity contribution in [1.82, 2.24) is 0 Å². The zero-order chi connectivity index (χ0) is 20.0. The van der Waals surface area contributed by atoms with E-state index >= 15 is 0 Å². The third-order valence-electron chi connectivity index (χ3n) is 2.85. The second-order valence-electron chi connectivity index (χ2n) is 5.00. The van der Waals surface area contributed by atoms with Crippen LogP contribution in [0.3, 0.4) is 0 Å². The molecule has 0 aromatic carbocycles. The fraction of sp³-hybridized carbons (Fsp3) is 0.500. The van der Waals surface area contributed by atoms with E-state index in [9.17, 15) is 33.9 Å². The van der Waals surface area contributed by atoms with E-state index in [0.717, 1.165) is 0 Å². The Labute approximate surface area is 220 Å². The van der Waals surface area contributed by atoms with Crippen LogP contribution in [0, 0.1) is 0 Å². The van der Waals surface area contributed by atoms with Crippen molar-refractivity contribution in [1.29, 1.82) is 0 Å². The van der Waals surface area contributed by atoms with Gasteiger partial charge in [-0.05, 0) is 0 Å². The Kier molecular flexibility index (Phi) is 17.9. The van der Waals surface area contributed by atoms with Crippen LogP contribution >= 0.6 is 0 Å². The standard InChI is InChI=1S/C12H14O13.K.Na.H2O.2H/c13-5(14)1-11(24,9(20)21)4-8(19)25-12(10(22)23,2-6(15)16)3-7(17)18;;;;;/h24H,1-4H2,(H,13,14)(H,15,16)(H,17,18)(H,20,21)(H,22,23);;;1H2;;. The maximum absolute atomic E-state index is 11.7. The molecule has 0 spiro atoms. The molecule has 1 unspecified atom stereocenters. The topological polar surface area (TPSA) is 265 Å². The first-order valence-electron chi connectivity index (χ1n) is 6.30. The number of carbonyl (C=O) groups is 6. The second kappa shape index (κ2) is 14.4. The summed E-state index contributed by atoms with van der Waals surface area (Å²) in [7, 11) is 0. The Morgan fingerprint density at radius 3 is 1.29 bits per heavy atom. The molecule has 0 aromatic heterocycles. The number of aliphatic carboxylic acids is 5. The van der Waals surface area contributed by atoms with Crippen molar-refractivity contribution >= 4 is 117 Å². The van der Waals surface area contributed by atoms with E-state index in [1.165, 1.54) is 0 Å². The van der Waals surface area contributed by atoms with Gasteiger partial charge in [0.2, 0.25) is 5.60 Å². The summed E-state index contributed by atoms with van der Waals surface area (Å²) in [6.07, 6.45) is -5.94. The molecule has 152 valence electrons. The van der Waals surface area contributed by atoms with Gasteiger partial charge >= 0.3 is 117 Å². The van der Waals surface area contributed by atoms with Gasteiger partial charge in [-0.15, -0.1) is 0 Å². The van der Waals surface area contributed by atoms with Crippen molar-refractivity contribution in [3.63, 3.8) is 0 Å². The minimum absolute atomic E-state index is 0. The van der Waals surface area contributed by atoms with Crippen LogP contribution in [0.2, 0.25) is 0 Å². The first-order valence-corrected chi connectivity index (χ1v) is 6.30. The second-order valence-corrected chi connectivity index (χ2v) is 5.00. The number of hydrogen-bond donors (Lipinski definition) is 6. The van der Waals surface area contributed by atoms with Crippen LogP contribution in [0.1, 0.15) is 25.7 Å². The number of carboxylic acids is 5. The predicted octanol–water partition coefficient (Wildman–Crippen LogP) is -4.14. The summed E-state index contributed by atoms with van der Waals surface area (Å²) in [4.78, 5) is 66.0. The van der Waals surface area contributed by atoms with Crippen LogP contribution in [0.5, 0.6) is 0 Å². The van der Waals surface area contributed by atoms with Crippen LogP contribution in [0.15, 0.2) is 0 Å². The summed E-state index contributed by atoms with van der Waals surface area (Å²) >= 11 is 0. The SMILES string of the molecule is O.O=C(O)CC(O)(CC(=O)OC(CC(=O)O)(CC(=O)O)C(=O)O)C(=O)O.[KH].[NaH]. The summed E-state index contributed by atoms with van der Waals surface area (Å²) in [5, 5.41) is 53.5. The number of carboxylic acid groups (broad SMARTS) is 5. The van der Waals surface area contributed by atoms with Crippen molar-refractivity contribution in [3.8, 4) is 0 Å². The predicted molar refractivity (Wildman–Crippen MR) is 88.3 cm³/mol. The molecule has 0 heterocycles. The molecule has 14 nitrogen and oxygen atoms in total. The van der Waals surface area contributed by atoms with Gasteiger partial charge in [-0.2, -0.15) is 0 Å². The Morgan fingerprint density at radius 1 is 0.679 bits per heavy atom. The monoisotopic (exact) mass is 448 g/mol. The molecule has 0 aliphatic rings. The van der Waals surface area contributed by atoms with E-state index in [0.29, 0.717) is 0 Å². The quantitative estimate of drug-likeness (QED) is 0.130. The third kappa shape index (κ3) is 11.4. The van der Waals surface area contributed by atoms with E-state index in [1.807, 2.05) is 0 Å². The van der Waals surface area contributed by atoms with E-state index in [4.69, 9.17) is 25.5 Å². The number of ether oxygens (including phenoxy) is 1. The zero-order valence-electron chi connectivity index (χ0n) is 12.9. The first-order chi connectivity index (χ1) is 11.2. The molecule has 28 heavy (non-hydrogen) atoms. The molecule has 0 bridgehead atoms. The molecule has 0 rings (SSSR count). The van der Waals surface area contributed by atoms with Gasteiger partial charge in [0.15, 0.2) is 5.60 Å². The summed E-state index contributed by atoms with van der Waals surface area (Å²) in [6, 6.07) is 0. The molecule has 0 fully saturated rings. The van der Waals surface area contributed by atoms with Gasteiger partial charge in [0.1, 0.15) is 0 Å². The van der Waals surface area contributed by atoms with Gasteiger partial charge in [-0.1, -0.05) is 0 Å². The van der Waals surface area contributed by atoms with Gasteiger partial charge < -0.3 is 40.9 Å². The number of rotatable bonds is 11. The van der Waals surface area contributed by atoms with Crippen LogP contribution in [-0.2, 0) is 33.5 Å².